The van der Waals surface area contributed by atoms with Crippen molar-refractivity contribution >= 4 is 11.9 Å². The minimum absolute atomic E-state index is 0.0912. The quantitative estimate of drug-likeness (QED) is 0.705. The van der Waals surface area contributed by atoms with Crippen LogP contribution in [0.5, 0.6) is 5.75 Å². The van der Waals surface area contributed by atoms with Crippen molar-refractivity contribution in [1.29, 1.82) is 0 Å². The number of aryl methyl sites for hydroxylation is 1. The molecule has 2 N–H and O–H groups in total. The third-order valence-corrected chi connectivity index (χ3v) is 2.06. The molecule has 1 rings (SSSR count). The maximum absolute atomic E-state index is 11.2. The Morgan fingerprint density at radius 2 is 2.06 bits per heavy atom. The first-order valence-electron chi connectivity index (χ1n) is 5.40. The molecule has 1 aromatic rings. The Balaban J connectivity index is 2.20. The summed E-state index contributed by atoms with van der Waals surface area (Å²) in [5, 5.41) is 8.28. The number of benzene rings is 1. The number of para-hydroxylation sites is 1. The summed E-state index contributed by atoms with van der Waals surface area (Å²) in [6.07, 6.45) is 0.0912. The van der Waals surface area contributed by atoms with Crippen LogP contribution in [-0.4, -0.2) is 30.2 Å². The second-order valence-corrected chi connectivity index (χ2v) is 3.57. The molecule has 0 bridgehead atoms. The van der Waals surface area contributed by atoms with Gasteiger partial charge in [0.2, 0.25) is 5.91 Å². The van der Waals surface area contributed by atoms with E-state index in [0.29, 0.717) is 0 Å². The lowest BCUT2D eigenvalue weighted by atomic mass is 10.2. The molecule has 6 heteroatoms. The van der Waals surface area contributed by atoms with E-state index in [2.05, 4.69) is 4.84 Å². The van der Waals surface area contributed by atoms with E-state index in [1.165, 1.54) is 0 Å². The van der Waals surface area contributed by atoms with Crippen LogP contribution in [0.2, 0.25) is 0 Å². The maximum atomic E-state index is 11.2. The van der Waals surface area contributed by atoms with E-state index in [4.69, 9.17) is 9.84 Å². The van der Waals surface area contributed by atoms with Crippen molar-refractivity contribution in [2.75, 3.05) is 13.2 Å². The van der Waals surface area contributed by atoms with Crippen molar-refractivity contribution in [3.8, 4) is 5.75 Å². The molecule has 0 fully saturated rings. The van der Waals surface area contributed by atoms with Crippen LogP contribution in [0.4, 0.5) is 0 Å². The minimum Gasteiger partial charge on any atom is -0.493 e. The van der Waals surface area contributed by atoms with Gasteiger partial charge in [-0.1, -0.05) is 18.2 Å². The number of ether oxygens (including phenoxy) is 1. The van der Waals surface area contributed by atoms with Crippen LogP contribution >= 0.6 is 0 Å². The monoisotopic (exact) mass is 253 g/mol. The lowest BCUT2D eigenvalue weighted by Gasteiger charge is -2.08. The van der Waals surface area contributed by atoms with Gasteiger partial charge in [-0.2, -0.15) is 0 Å². The number of carboxylic acid groups (broad SMARTS) is 1. The van der Waals surface area contributed by atoms with Crippen molar-refractivity contribution in [3.05, 3.63) is 29.8 Å². The number of hydroxylamine groups is 1. The molecule has 1 aromatic carbocycles. The molecule has 0 heterocycles. The Bertz CT molecular complexity index is 419. The highest BCUT2D eigenvalue weighted by atomic mass is 16.7. The summed E-state index contributed by atoms with van der Waals surface area (Å²) >= 11 is 0. The molecule has 18 heavy (non-hydrogen) atoms. The van der Waals surface area contributed by atoms with Crippen LogP contribution in [0, 0.1) is 6.92 Å². The average Bonchev–Trinajstić information content (AvgIpc) is 2.31. The highest BCUT2D eigenvalue weighted by molar-refractivity contribution is 5.75. The SMILES string of the molecule is Cc1ccccc1OCCC(=O)NOCC(=O)O. The van der Waals surface area contributed by atoms with Crippen molar-refractivity contribution in [2.24, 2.45) is 0 Å². The van der Waals surface area contributed by atoms with Gasteiger partial charge in [-0.3, -0.25) is 9.63 Å². The second kappa shape index (κ2) is 7.29. The first-order chi connectivity index (χ1) is 8.59. The highest BCUT2D eigenvalue weighted by Gasteiger charge is 2.04. The van der Waals surface area contributed by atoms with Gasteiger partial charge in [0.15, 0.2) is 6.61 Å². The van der Waals surface area contributed by atoms with Crippen molar-refractivity contribution in [3.63, 3.8) is 0 Å². The summed E-state index contributed by atoms with van der Waals surface area (Å²) in [6, 6.07) is 7.46. The van der Waals surface area contributed by atoms with Crippen LogP contribution in [0.15, 0.2) is 24.3 Å². The highest BCUT2D eigenvalue weighted by Crippen LogP contribution is 2.15. The number of aliphatic carboxylic acids is 1. The van der Waals surface area contributed by atoms with E-state index >= 15 is 0 Å². The Morgan fingerprint density at radius 3 is 2.72 bits per heavy atom. The molecular weight excluding hydrogens is 238 g/mol. The topological polar surface area (TPSA) is 84.9 Å². The van der Waals surface area contributed by atoms with Crippen LogP contribution < -0.4 is 10.2 Å². The number of carbonyl (C=O) groups is 2. The van der Waals surface area contributed by atoms with E-state index in [-0.39, 0.29) is 13.0 Å². The van der Waals surface area contributed by atoms with Gasteiger partial charge in [0.25, 0.3) is 0 Å². The molecule has 0 saturated carbocycles. The minimum atomic E-state index is -1.15. The smallest absolute Gasteiger partial charge is 0.332 e. The molecule has 6 nitrogen and oxygen atoms in total. The molecule has 0 aromatic heterocycles. The van der Waals surface area contributed by atoms with E-state index in [1.807, 2.05) is 36.7 Å². The molecule has 0 radical (unpaired) electrons. The van der Waals surface area contributed by atoms with Crippen molar-refractivity contribution in [1.82, 2.24) is 5.48 Å². The first kappa shape index (κ1) is 14.0. The van der Waals surface area contributed by atoms with Gasteiger partial charge in [0.05, 0.1) is 13.0 Å². The van der Waals surface area contributed by atoms with Crippen LogP contribution in [0.3, 0.4) is 0 Å². The third-order valence-electron chi connectivity index (χ3n) is 2.06. The fourth-order valence-electron chi connectivity index (χ4n) is 1.20. The van der Waals surface area contributed by atoms with E-state index in [9.17, 15) is 9.59 Å². The summed E-state index contributed by atoms with van der Waals surface area (Å²) in [4.78, 5) is 25.7. The molecule has 0 spiro atoms. The molecule has 0 saturated heterocycles. The molecule has 0 atom stereocenters. The number of hydrogen-bond acceptors (Lipinski definition) is 4. The van der Waals surface area contributed by atoms with Gasteiger partial charge >= 0.3 is 5.97 Å². The normalized spacial score (nSPS) is 9.83. The fraction of sp³-hybridized carbons (Fsp3) is 0.333. The summed E-state index contributed by atoms with van der Waals surface area (Å²) < 4.78 is 5.40. The van der Waals surface area contributed by atoms with E-state index < -0.39 is 18.5 Å². The van der Waals surface area contributed by atoms with Crippen LogP contribution in [-0.2, 0) is 14.4 Å². The maximum Gasteiger partial charge on any atom is 0.332 e. The average molecular weight is 253 g/mol. The number of carbonyl (C=O) groups excluding carboxylic acids is 1. The zero-order chi connectivity index (χ0) is 13.4. The van der Waals surface area contributed by atoms with Gasteiger partial charge in [-0.25, -0.2) is 10.3 Å². The molecule has 0 aliphatic carbocycles. The largest absolute Gasteiger partial charge is 0.493 e. The molecular formula is C12H15NO5. The molecule has 1 amide bonds. The van der Waals surface area contributed by atoms with Crippen LogP contribution in [0.25, 0.3) is 0 Å². The number of hydrogen-bond donors (Lipinski definition) is 2. The number of carboxylic acids is 1. The molecule has 0 aliphatic rings. The number of amides is 1. The van der Waals surface area contributed by atoms with Gasteiger partial charge in [-0.15, -0.1) is 0 Å². The fourth-order valence-corrected chi connectivity index (χ4v) is 1.20. The van der Waals surface area contributed by atoms with Gasteiger partial charge in [-0.05, 0) is 18.6 Å². The van der Waals surface area contributed by atoms with Gasteiger partial charge < -0.3 is 9.84 Å². The van der Waals surface area contributed by atoms with Crippen molar-refractivity contribution < 1.29 is 24.3 Å². The van der Waals surface area contributed by atoms with Crippen molar-refractivity contribution in [2.45, 2.75) is 13.3 Å². The Hall–Kier alpha value is -2.08. The lowest BCUT2D eigenvalue weighted by Crippen LogP contribution is -2.27. The summed E-state index contributed by atoms with van der Waals surface area (Å²) in [6.45, 7) is 1.54. The van der Waals surface area contributed by atoms with Gasteiger partial charge in [0, 0.05) is 0 Å². The predicted molar refractivity (Wildman–Crippen MR) is 63.0 cm³/mol. The second-order valence-electron chi connectivity index (χ2n) is 3.57. The zero-order valence-corrected chi connectivity index (χ0v) is 10.0. The Labute approximate surface area is 104 Å². The summed E-state index contributed by atoms with van der Waals surface area (Å²) in [5.74, 6) is -0.854. The zero-order valence-electron chi connectivity index (χ0n) is 10.0. The molecule has 98 valence electrons. The lowest BCUT2D eigenvalue weighted by molar-refractivity contribution is -0.149. The van der Waals surface area contributed by atoms with E-state index in [1.54, 1.807) is 0 Å². The van der Waals surface area contributed by atoms with Gasteiger partial charge in [0.1, 0.15) is 5.75 Å². The molecule has 0 unspecified atom stereocenters. The number of rotatable bonds is 7. The first-order valence-corrected chi connectivity index (χ1v) is 5.40. The Kier molecular flexibility index (Phi) is 5.66. The molecule has 0 aliphatic heterocycles. The van der Waals surface area contributed by atoms with Crippen LogP contribution in [0.1, 0.15) is 12.0 Å². The summed E-state index contributed by atoms with van der Waals surface area (Å²) in [7, 11) is 0. The van der Waals surface area contributed by atoms with E-state index in [0.717, 1.165) is 11.3 Å². The third kappa shape index (κ3) is 5.31. The Morgan fingerprint density at radius 1 is 1.33 bits per heavy atom. The predicted octanol–water partition coefficient (Wildman–Crippen LogP) is 0.896. The summed E-state index contributed by atoms with van der Waals surface area (Å²) in [5.41, 5.74) is 3.00. The standard InChI is InChI=1S/C12H15NO5/c1-9-4-2-3-5-10(9)17-7-6-11(14)13-18-8-12(15)16/h2-5H,6-8H2,1H3,(H,13,14)(H,15,16). The number of nitrogens with one attached hydrogen (secondary N) is 1.